The second-order valence-electron chi connectivity index (χ2n) is 2.20. The van der Waals surface area contributed by atoms with E-state index in [1.807, 2.05) is 23.6 Å². The maximum atomic E-state index is 10.7. The van der Waals surface area contributed by atoms with Crippen LogP contribution in [0.15, 0.2) is 23.6 Å². The standard InChI is InChI=1S/C9H10O2S/c1-11-9(10)6-2-4-8-5-3-7-12-8/h2-5,7H,6H2,1H3/b4-2+. The van der Waals surface area contributed by atoms with Gasteiger partial charge in [-0.3, -0.25) is 4.79 Å². The third-order valence-corrected chi connectivity index (χ3v) is 2.18. The van der Waals surface area contributed by atoms with E-state index in [0.717, 1.165) is 4.88 Å². The lowest BCUT2D eigenvalue weighted by atomic mass is 10.3. The zero-order valence-corrected chi connectivity index (χ0v) is 7.64. The number of rotatable bonds is 3. The molecule has 0 unspecified atom stereocenters. The SMILES string of the molecule is COC(=O)C/C=C/c1cccs1. The number of hydrogen-bond acceptors (Lipinski definition) is 3. The normalized spacial score (nSPS) is 10.4. The summed E-state index contributed by atoms with van der Waals surface area (Å²) in [6.45, 7) is 0. The molecule has 1 rings (SSSR count). The zero-order valence-electron chi connectivity index (χ0n) is 6.82. The number of carbonyl (C=O) groups excluding carboxylic acids is 1. The van der Waals surface area contributed by atoms with Gasteiger partial charge in [-0.25, -0.2) is 0 Å². The van der Waals surface area contributed by atoms with Crippen molar-refractivity contribution in [1.29, 1.82) is 0 Å². The molecule has 12 heavy (non-hydrogen) atoms. The number of hydrogen-bond donors (Lipinski definition) is 0. The molecule has 0 N–H and O–H groups in total. The van der Waals surface area contributed by atoms with E-state index in [0.29, 0.717) is 6.42 Å². The van der Waals surface area contributed by atoms with Crippen molar-refractivity contribution in [2.75, 3.05) is 7.11 Å². The molecule has 1 heterocycles. The number of ether oxygens (including phenoxy) is 1. The van der Waals surface area contributed by atoms with Crippen molar-refractivity contribution in [3.05, 3.63) is 28.5 Å². The van der Waals surface area contributed by atoms with Gasteiger partial charge in [-0.2, -0.15) is 0 Å². The lowest BCUT2D eigenvalue weighted by Crippen LogP contribution is -1.96. The van der Waals surface area contributed by atoms with Crippen LogP contribution in [0, 0.1) is 0 Å². The van der Waals surface area contributed by atoms with Crippen LogP contribution < -0.4 is 0 Å². The molecule has 0 saturated heterocycles. The van der Waals surface area contributed by atoms with Crippen molar-refractivity contribution in [1.82, 2.24) is 0 Å². The molecular weight excluding hydrogens is 172 g/mol. The predicted octanol–water partition coefficient (Wildman–Crippen LogP) is 2.32. The van der Waals surface area contributed by atoms with Gasteiger partial charge in [0.1, 0.15) is 0 Å². The highest BCUT2D eigenvalue weighted by Crippen LogP contribution is 2.10. The Bertz CT molecular complexity index is 262. The van der Waals surface area contributed by atoms with Crippen molar-refractivity contribution >= 4 is 23.4 Å². The molecule has 0 aliphatic rings. The number of thiophene rings is 1. The molecule has 0 fully saturated rings. The van der Waals surface area contributed by atoms with E-state index in [1.54, 1.807) is 17.4 Å². The van der Waals surface area contributed by atoms with Gasteiger partial charge in [0.15, 0.2) is 0 Å². The first-order chi connectivity index (χ1) is 5.83. The van der Waals surface area contributed by atoms with Gasteiger partial charge < -0.3 is 4.74 Å². The Hall–Kier alpha value is -1.09. The fraction of sp³-hybridized carbons (Fsp3) is 0.222. The van der Waals surface area contributed by atoms with Crippen molar-refractivity contribution in [3.8, 4) is 0 Å². The summed E-state index contributed by atoms with van der Waals surface area (Å²) in [6, 6.07) is 3.97. The second-order valence-corrected chi connectivity index (χ2v) is 3.18. The zero-order chi connectivity index (χ0) is 8.81. The highest BCUT2D eigenvalue weighted by molar-refractivity contribution is 7.10. The molecule has 0 bridgehead atoms. The first-order valence-corrected chi connectivity index (χ1v) is 4.48. The smallest absolute Gasteiger partial charge is 0.309 e. The summed E-state index contributed by atoms with van der Waals surface area (Å²) in [7, 11) is 1.39. The summed E-state index contributed by atoms with van der Waals surface area (Å²) in [6.07, 6.45) is 4.06. The lowest BCUT2D eigenvalue weighted by Gasteiger charge is -1.90. The van der Waals surface area contributed by atoms with Crippen molar-refractivity contribution in [3.63, 3.8) is 0 Å². The van der Waals surface area contributed by atoms with Crippen LogP contribution in [0.2, 0.25) is 0 Å². The number of esters is 1. The van der Waals surface area contributed by atoms with Crippen LogP contribution in [0.3, 0.4) is 0 Å². The molecule has 1 aromatic heterocycles. The van der Waals surface area contributed by atoms with Gasteiger partial charge >= 0.3 is 5.97 Å². The summed E-state index contributed by atoms with van der Waals surface area (Å²) in [5.41, 5.74) is 0. The molecule has 64 valence electrons. The molecule has 0 aliphatic carbocycles. The maximum Gasteiger partial charge on any atom is 0.309 e. The molecule has 0 spiro atoms. The lowest BCUT2D eigenvalue weighted by molar-refractivity contribution is -0.139. The Labute approximate surface area is 75.5 Å². The first-order valence-electron chi connectivity index (χ1n) is 3.60. The second kappa shape index (κ2) is 4.72. The van der Waals surface area contributed by atoms with E-state index in [9.17, 15) is 4.79 Å². The van der Waals surface area contributed by atoms with Gasteiger partial charge in [0.2, 0.25) is 0 Å². The topological polar surface area (TPSA) is 26.3 Å². The minimum Gasteiger partial charge on any atom is -0.469 e. The molecule has 0 radical (unpaired) electrons. The van der Waals surface area contributed by atoms with E-state index in [4.69, 9.17) is 0 Å². The van der Waals surface area contributed by atoms with Crippen LogP contribution in [0.1, 0.15) is 11.3 Å². The largest absolute Gasteiger partial charge is 0.469 e. The van der Waals surface area contributed by atoms with Gasteiger partial charge in [-0.15, -0.1) is 11.3 Å². The highest BCUT2D eigenvalue weighted by Gasteiger charge is 1.93. The van der Waals surface area contributed by atoms with Gasteiger partial charge in [0.25, 0.3) is 0 Å². The fourth-order valence-corrected chi connectivity index (χ4v) is 1.39. The van der Waals surface area contributed by atoms with Gasteiger partial charge in [0, 0.05) is 4.88 Å². The molecule has 0 amide bonds. The summed E-state index contributed by atoms with van der Waals surface area (Å²) in [5, 5.41) is 2.00. The molecule has 2 nitrogen and oxygen atoms in total. The highest BCUT2D eigenvalue weighted by atomic mass is 32.1. The molecule has 0 saturated carbocycles. The maximum absolute atomic E-state index is 10.7. The monoisotopic (exact) mass is 182 g/mol. The van der Waals surface area contributed by atoms with E-state index < -0.39 is 0 Å². The Morgan fingerprint density at radius 3 is 3.17 bits per heavy atom. The molecule has 0 aromatic carbocycles. The Kier molecular flexibility index (Phi) is 3.54. The molecular formula is C9H10O2S. The van der Waals surface area contributed by atoms with Crippen molar-refractivity contribution in [2.24, 2.45) is 0 Å². The van der Waals surface area contributed by atoms with Crippen LogP contribution >= 0.6 is 11.3 Å². The average Bonchev–Trinajstić information content (AvgIpc) is 2.57. The summed E-state index contributed by atoms with van der Waals surface area (Å²) in [5.74, 6) is -0.206. The van der Waals surface area contributed by atoms with E-state index in [1.165, 1.54) is 7.11 Å². The third kappa shape index (κ3) is 2.88. The van der Waals surface area contributed by atoms with Crippen LogP contribution in [0.25, 0.3) is 6.08 Å². The van der Waals surface area contributed by atoms with Gasteiger partial charge in [-0.1, -0.05) is 12.1 Å². The quantitative estimate of drug-likeness (QED) is 0.670. The van der Waals surface area contributed by atoms with Gasteiger partial charge in [-0.05, 0) is 17.5 Å². The summed E-state index contributed by atoms with van der Waals surface area (Å²) in [4.78, 5) is 11.8. The van der Waals surface area contributed by atoms with E-state index >= 15 is 0 Å². The Morgan fingerprint density at radius 2 is 2.58 bits per heavy atom. The molecule has 3 heteroatoms. The third-order valence-electron chi connectivity index (χ3n) is 1.34. The van der Waals surface area contributed by atoms with E-state index in [-0.39, 0.29) is 5.97 Å². The van der Waals surface area contributed by atoms with E-state index in [2.05, 4.69) is 4.74 Å². The van der Waals surface area contributed by atoms with Crippen LogP contribution in [-0.4, -0.2) is 13.1 Å². The number of methoxy groups -OCH3 is 1. The van der Waals surface area contributed by atoms with Crippen molar-refractivity contribution < 1.29 is 9.53 Å². The number of carbonyl (C=O) groups is 1. The minimum absolute atomic E-state index is 0.206. The van der Waals surface area contributed by atoms with Crippen LogP contribution in [0.5, 0.6) is 0 Å². The Morgan fingerprint density at radius 1 is 1.75 bits per heavy atom. The predicted molar refractivity (Wildman–Crippen MR) is 50.0 cm³/mol. The van der Waals surface area contributed by atoms with Gasteiger partial charge in [0.05, 0.1) is 13.5 Å². The average molecular weight is 182 g/mol. The summed E-state index contributed by atoms with van der Waals surface area (Å²) < 4.78 is 4.48. The molecule has 0 atom stereocenters. The van der Waals surface area contributed by atoms with Crippen LogP contribution in [0.4, 0.5) is 0 Å². The molecule has 1 aromatic rings. The minimum atomic E-state index is -0.206. The Balaban J connectivity index is 2.37. The summed E-state index contributed by atoms with van der Waals surface area (Å²) >= 11 is 1.64. The first kappa shape index (κ1) is 9.00. The fourth-order valence-electron chi connectivity index (χ4n) is 0.741. The van der Waals surface area contributed by atoms with Crippen molar-refractivity contribution in [2.45, 2.75) is 6.42 Å². The molecule has 0 aliphatic heterocycles. The van der Waals surface area contributed by atoms with Crippen LogP contribution in [-0.2, 0) is 9.53 Å².